The highest BCUT2D eigenvalue weighted by Crippen LogP contribution is 2.31. The predicted molar refractivity (Wildman–Crippen MR) is 138 cm³/mol. The molecule has 0 aliphatic rings. The van der Waals surface area contributed by atoms with Gasteiger partial charge in [0.25, 0.3) is 5.91 Å². The van der Waals surface area contributed by atoms with Gasteiger partial charge in [-0.05, 0) is 24.1 Å². The maximum Gasteiger partial charge on any atom is 0.270 e. The van der Waals surface area contributed by atoms with Crippen LogP contribution < -0.4 is 10.1 Å². The van der Waals surface area contributed by atoms with Gasteiger partial charge in [0.1, 0.15) is 22.3 Å². The molecular weight excluding hydrogens is 482 g/mol. The Morgan fingerprint density at radius 1 is 1.09 bits per heavy atom. The molecule has 1 N–H and O–H groups in total. The van der Waals surface area contributed by atoms with Gasteiger partial charge in [-0.15, -0.1) is 21.5 Å². The number of hydrogen-bond donors (Lipinski definition) is 1. The zero-order valence-electron chi connectivity index (χ0n) is 19.6. The summed E-state index contributed by atoms with van der Waals surface area (Å²) in [5.41, 5.74) is 2.45. The van der Waals surface area contributed by atoms with Crippen LogP contribution in [0, 0.1) is 0 Å². The highest BCUT2D eigenvalue weighted by atomic mass is 32.2. The minimum atomic E-state index is -0.170. The molecule has 4 rings (SSSR count). The molecule has 0 spiro atoms. The lowest BCUT2D eigenvalue weighted by Crippen LogP contribution is -2.25. The van der Waals surface area contributed by atoms with Crippen molar-refractivity contribution in [3.05, 3.63) is 82.1 Å². The van der Waals surface area contributed by atoms with Crippen molar-refractivity contribution >= 4 is 29.0 Å². The number of methoxy groups -OCH3 is 2. The molecule has 1 amide bonds. The number of nitrogens with one attached hydrogen (secondary N) is 1. The van der Waals surface area contributed by atoms with Crippen LogP contribution in [-0.2, 0) is 16.9 Å². The van der Waals surface area contributed by atoms with E-state index in [-0.39, 0.29) is 5.91 Å². The Bertz CT molecular complexity index is 1240. The molecular formula is C25H27N5O3S2. The molecule has 10 heteroatoms. The maximum atomic E-state index is 12.3. The Morgan fingerprint density at radius 2 is 1.89 bits per heavy atom. The number of thioether (sulfide) groups is 1. The third-order valence-corrected chi connectivity index (χ3v) is 7.12. The van der Waals surface area contributed by atoms with Crippen LogP contribution in [-0.4, -0.2) is 53.0 Å². The van der Waals surface area contributed by atoms with Gasteiger partial charge in [0, 0.05) is 32.1 Å². The van der Waals surface area contributed by atoms with Crippen LogP contribution >= 0.6 is 23.1 Å². The number of aromatic nitrogens is 4. The zero-order chi connectivity index (χ0) is 24.5. The number of para-hydroxylation sites is 2. The van der Waals surface area contributed by atoms with E-state index in [0.29, 0.717) is 31.0 Å². The summed E-state index contributed by atoms with van der Waals surface area (Å²) in [5, 5.41) is 15.2. The normalized spacial score (nSPS) is 10.9. The van der Waals surface area contributed by atoms with Crippen molar-refractivity contribution in [2.45, 2.75) is 23.8 Å². The lowest BCUT2D eigenvalue weighted by molar-refractivity contribution is 0.0944. The van der Waals surface area contributed by atoms with Crippen LogP contribution in [0.1, 0.15) is 33.3 Å². The van der Waals surface area contributed by atoms with Crippen LogP contribution in [0.15, 0.2) is 65.1 Å². The molecule has 182 valence electrons. The van der Waals surface area contributed by atoms with E-state index in [4.69, 9.17) is 9.47 Å². The van der Waals surface area contributed by atoms with E-state index in [9.17, 15) is 4.79 Å². The molecule has 4 aromatic rings. The van der Waals surface area contributed by atoms with E-state index < -0.39 is 0 Å². The number of rotatable bonds is 12. The van der Waals surface area contributed by atoms with Crippen LogP contribution in [0.4, 0.5) is 0 Å². The van der Waals surface area contributed by atoms with Crippen molar-refractivity contribution in [3.63, 3.8) is 0 Å². The predicted octanol–water partition coefficient (Wildman–Crippen LogP) is 4.38. The van der Waals surface area contributed by atoms with Gasteiger partial charge >= 0.3 is 0 Å². The lowest BCUT2D eigenvalue weighted by atomic mass is 10.1. The first kappa shape index (κ1) is 24.9. The summed E-state index contributed by atoms with van der Waals surface area (Å²) in [6.07, 6.45) is 1.40. The van der Waals surface area contributed by atoms with Crippen molar-refractivity contribution in [2.24, 2.45) is 0 Å². The second-order valence-electron chi connectivity index (χ2n) is 7.59. The molecule has 0 saturated heterocycles. The Labute approximate surface area is 212 Å². The first-order valence-electron chi connectivity index (χ1n) is 11.2. The van der Waals surface area contributed by atoms with Gasteiger partial charge in [-0.2, -0.15) is 0 Å². The maximum absolute atomic E-state index is 12.3. The van der Waals surface area contributed by atoms with Crippen LogP contribution in [0.3, 0.4) is 0 Å². The van der Waals surface area contributed by atoms with Gasteiger partial charge < -0.3 is 14.8 Å². The average molecular weight is 510 g/mol. The van der Waals surface area contributed by atoms with Crippen molar-refractivity contribution < 1.29 is 14.3 Å². The largest absolute Gasteiger partial charge is 0.495 e. The lowest BCUT2D eigenvalue weighted by Gasteiger charge is -2.13. The molecule has 35 heavy (non-hydrogen) atoms. The molecule has 0 aliphatic heterocycles. The molecule has 0 radical (unpaired) electrons. The summed E-state index contributed by atoms with van der Waals surface area (Å²) in [6, 6.07) is 18.0. The van der Waals surface area contributed by atoms with E-state index in [2.05, 4.69) is 32.6 Å². The minimum Gasteiger partial charge on any atom is -0.495 e. The number of carbonyl (C=O) groups excluding carboxylic acids is 1. The van der Waals surface area contributed by atoms with Crippen molar-refractivity contribution in [2.75, 3.05) is 27.4 Å². The number of hydrogen-bond acceptors (Lipinski definition) is 8. The summed E-state index contributed by atoms with van der Waals surface area (Å²) in [7, 11) is 3.30. The highest BCUT2D eigenvalue weighted by Gasteiger charge is 2.19. The Kier molecular flexibility index (Phi) is 8.88. The van der Waals surface area contributed by atoms with Crippen LogP contribution in [0.2, 0.25) is 0 Å². The smallest absolute Gasteiger partial charge is 0.270 e. The molecule has 0 bridgehead atoms. The first-order valence-corrected chi connectivity index (χ1v) is 13.0. The third kappa shape index (κ3) is 6.47. The fourth-order valence-corrected chi connectivity index (χ4v) is 5.22. The molecule has 0 atom stereocenters. The number of benzene rings is 2. The second kappa shape index (κ2) is 12.5. The highest BCUT2D eigenvalue weighted by molar-refractivity contribution is 7.98. The van der Waals surface area contributed by atoms with Crippen LogP contribution in [0.5, 0.6) is 5.75 Å². The second-order valence-corrected chi connectivity index (χ2v) is 9.47. The molecule has 2 aromatic heterocycles. The van der Waals surface area contributed by atoms with Crippen LogP contribution in [0.25, 0.3) is 5.69 Å². The number of nitrogens with zero attached hydrogens (tertiary/aromatic N) is 4. The molecule has 2 aromatic carbocycles. The van der Waals surface area contributed by atoms with Gasteiger partial charge in [-0.3, -0.25) is 9.36 Å². The average Bonchev–Trinajstić information content (AvgIpc) is 3.53. The molecule has 2 heterocycles. The number of amides is 1. The Balaban J connectivity index is 1.52. The zero-order valence-corrected chi connectivity index (χ0v) is 21.3. The third-order valence-electron chi connectivity index (χ3n) is 5.15. The molecule has 0 aliphatic carbocycles. The molecule has 0 fully saturated rings. The minimum absolute atomic E-state index is 0.170. The number of carbonyl (C=O) groups is 1. The summed E-state index contributed by atoms with van der Waals surface area (Å²) >= 11 is 2.99. The molecule has 0 unspecified atom stereocenters. The van der Waals surface area contributed by atoms with Gasteiger partial charge in [-0.1, -0.05) is 54.2 Å². The van der Waals surface area contributed by atoms with Crippen molar-refractivity contribution in [1.82, 2.24) is 25.1 Å². The van der Waals surface area contributed by atoms with E-state index in [1.807, 2.05) is 47.0 Å². The van der Waals surface area contributed by atoms with Crippen molar-refractivity contribution in [3.8, 4) is 11.4 Å². The van der Waals surface area contributed by atoms with E-state index in [1.54, 1.807) is 19.6 Å². The fraction of sp³-hybridized carbons (Fsp3) is 0.280. The fourth-order valence-electron chi connectivity index (χ4n) is 3.46. The molecule has 0 saturated carbocycles. The summed E-state index contributed by atoms with van der Waals surface area (Å²) in [5.74, 6) is 1.96. The van der Waals surface area contributed by atoms with E-state index in [1.165, 1.54) is 23.1 Å². The monoisotopic (exact) mass is 509 g/mol. The summed E-state index contributed by atoms with van der Waals surface area (Å²) in [4.78, 5) is 16.8. The van der Waals surface area contributed by atoms with E-state index in [0.717, 1.165) is 39.4 Å². The Hall–Kier alpha value is -3.21. The number of thiazole rings is 1. The SMILES string of the molecule is COCCCNC(=O)c1csc(CSc2nnc(Cc3ccccc3)n2-c2ccccc2OC)n1. The standard InChI is InChI=1S/C25H27N5O3S2/c1-32-14-8-13-26-24(31)19-16-34-23(27-19)17-35-25-29-28-22(15-18-9-4-3-5-10-18)30(25)20-11-6-7-12-21(20)33-2/h3-7,9-12,16H,8,13-15,17H2,1-2H3,(H,26,31). The number of ether oxygens (including phenoxy) is 2. The van der Waals surface area contributed by atoms with Gasteiger partial charge in [0.05, 0.1) is 18.6 Å². The van der Waals surface area contributed by atoms with E-state index >= 15 is 0 Å². The van der Waals surface area contributed by atoms with Gasteiger partial charge in [0.2, 0.25) is 0 Å². The summed E-state index contributed by atoms with van der Waals surface area (Å²) in [6.45, 7) is 1.17. The topological polar surface area (TPSA) is 91.2 Å². The van der Waals surface area contributed by atoms with Crippen molar-refractivity contribution in [1.29, 1.82) is 0 Å². The first-order chi connectivity index (χ1) is 17.2. The summed E-state index contributed by atoms with van der Waals surface area (Å²) < 4.78 is 12.7. The van der Waals surface area contributed by atoms with Gasteiger partial charge in [-0.25, -0.2) is 4.98 Å². The van der Waals surface area contributed by atoms with Gasteiger partial charge in [0.15, 0.2) is 5.16 Å². The Morgan fingerprint density at radius 3 is 2.69 bits per heavy atom. The molecule has 8 nitrogen and oxygen atoms in total. The quantitative estimate of drug-likeness (QED) is 0.224.